The summed E-state index contributed by atoms with van der Waals surface area (Å²) in [6.45, 7) is 1.02. The van der Waals surface area contributed by atoms with E-state index in [1.165, 1.54) is 6.33 Å². The van der Waals surface area contributed by atoms with Crippen molar-refractivity contribution in [3.05, 3.63) is 71.4 Å². The van der Waals surface area contributed by atoms with Crippen molar-refractivity contribution < 1.29 is 23.8 Å². The minimum atomic E-state index is -0.374. The van der Waals surface area contributed by atoms with Crippen LogP contribution >= 0.6 is 11.8 Å². The van der Waals surface area contributed by atoms with Gasteiger partial charge in [0, 0.05) is 13.1 Å². The van der Waals surface area contributed by atoms with Gasteiger partial charge in [-0.2, -0.15) is 0 Å². The largest absolute Gasteiger partial charge is 0.497 e. The third-order valence-electron chi connectivity index (χ3n) is 4.82. The first kappa shape index (κ1) is 23.1. The summed E-state index contributed by atoms with van der Waals surface area (Å²) in [5, 5.41) is 1.88. The van der Waals surface area contributed by atoms with Crippen LogP contribution in [0, 0.1) is 0 Å². The van der Waals surface area contributed by atoms with Gasteiger partial charge in [0.05, 0.1) is 18.6 Å². The van der Waals surface area contributed by atoms with Crippen molar-refractivity contribution in [3.63, 3.8) is 0 Å². The van der Waals surface area contributed by atoms with E-state index in [1.54, 1.807) is 31.4 Å². The van der Waals surface area contributed by atoms with Gasteiger partial charge in [-0.05, 0) is 59.8 Å². The number of rotatable bonds is 9. The van der Waals surface area contributed by atoms with Crippen molar-refractivity contribution in [1.82, 2.24) is 15.3 Å². The average molecular weight is 479 g/mol. The van der Waals surface area contributed by atoms with Crippen LogP contribution in [-0.4, -0.2) is 48.4 Å². The van der Waals surface area contributed by atoms with E-state index in [9.17, 15) is 9.59 Å². The number of carbonyl (C=O) groups is 2. The first-order chi connectivity index (χ1) is 16.5. The standard InChI is InChI=1S/C24H22N4O5S/c1-28(21-14-22(26-15-25-21)33-19-9-7-17(31-2)8-10-19)11-12-32-18-5-3-16(4-6-18)13-20-23(29)27-24(30)34-20/h3-10,13-15H,11-12H2,1-2H3,(H,27,29,30)/b20-13-. The molecular formula is C24H22N4O5S. The van der Waals surface area contributed by atoms with Crippen LogP contribution in [-0.2, 0) is 4.79 Å². The summed E-state index contributed by atoms with van der Waals surface area (Å²) >= 11 is 0.891. The lowest BCUT2D eigenvalue weighted by Gasteiger charge is -2.18. The van der Waals surface area contributed by atoms with Gasteiger partial charge in [-0.3, -0.25) is 14.9 Å². The highest BCUT2D eigenvalue weighted by Gasteiger charge is 2.24. The summed E-state index contributed by atoms with van der Waals surface area (Å²) in [5.41, 5.74) is 0.808. The number of imide groups is 1. The number of anilines is 1. The van der Waals surface area contributed by atoms with Crippen molar-refractivity contribution in [2.75, 3.05) is 32.2 Å². The smallest absolute Gasteiger partial charge is 0.290 e. The summed E-state index contributed by atoms with van der Waals surface area (Å²) in [4.78, 5) is 33.7. The van der Waals surface area contributed by atoms with Gasteiger partial charge in [-0.25, -0.2) is 9.97 Å². The molecule has 0 atom stereocenters. The summed E-state index contributed by atoms with van der Waals surface area (Å²) < 4.78 is 16.8. The van der Waals surface area contributed by atoms with E-state index < -0.39 is 0 Å². The zero-order valence-electron chi connectivity index (χ0n) is 18.6. The van der Waals surface area contributed by atoms with E-state index in [0.29, 0.717) is 41.3 Å². The van der Waals surface area contributed by atoms with Crippen molar-refractivity contribution >= 4 is 34.8 Å². The molecule has 2 amide bonds. The van der Waals surface area contributed by atoms with Crippen molar-refractivity contribution in [3.8, 4) is 23.1 Å². The molecule has 0 bridgehead atoms. The normalized spacial score (nSPS) is 14.1. The zero-order chi connectivity index (χ0) is 23.9. The monoisotopic (exact) mass is 478 g/mol. The molecule has 9 nitrogen and oxygen atoms in total. The molecule has 0 saturated carbocycles. The number of hydrogen-bond acceptors (Lipinski definition) is 9. The molecule has 1 N–H and O–H groups in total. The molecule has 0 aliphatic carbocycles. The minimum Gasteiger partial charge on any atom is -0.497 e. The van der Waals surface area contributed by atoms with E-state index in [0.717, 1.165) is 23.1 Å². The molecule has 1 fully saturated rings. The SMILES string of the molecule is COc1ccc(Oc2cc(N(C)CCOc3ccc(/C=C4\SC(=O)NC4=O)cc3)ncn2)cc1. The summed E-state index contributed by atoms with van der Waals surface area (Å²) in [7, 11) is 3.52. The zero-order valence-corrected chi connectivity index (χ0v) is 19.4. The second-order valence-corrected chi connectivity index (χ2v) is 8.20. The van der Waals surface area contributed by atoms with Gasteiger partial charge < -0.3 is 19.1 Å². The molecule has 10 heteroatoms. The van der Waals surface area contributed by atoms with Crippen LogP contribution in [0.3, 0.4) is 0 Å². The molecule has 34 heavy (non-hydrogen) atoms. The van der Waals surface area contributed by atoms with E-state index >= 15 is 0 Å². The summed E-state index contributed by atoms with van der Waals surface area (Å²) in [6, 6.07) is 16.3. The fourth-order valence-corrected chi connectivity index (χ4v) is 3.69. The molecule has 1 saturated heterocycles. The molecule has 1 aliphatic rings. The number of nitrogens with zero attached hydrogens (tertiary/aromatic N) is 3. The van der Waals surface area contributed by atoms with Crippen LogP contribution in [0.15, 0.2) is 65.8 Å². The van der Waals surface area contributed by atoms with Gasteiger partial charge in [-0.15, -0.1) is 0 Å². The second kappa shape index (κ2) is 10.7. The van der Waals surface area contributed by atoms with Gasteiger partial charge in [0.1, 0.15) is 36.0 Å². The Morgan fingerprint density at radius 2 is 1.71 bits per heavy atom. The maximum absolute atomic E-state index is 11.6. The Morgan fingerprint density at radius 3 is 2.38 bits per heavy atom. The van der Waals surface area contributed by atoms with Crippen LogP contribution in [0.25, 0.3) is 6.08 Å². The Morgan fingerprint density at radius 1 is 1.00 bits per heavy atom. The molecule has 0 radical (unpaired) electrons. The van der Waals surface area contributed by atoms with Crippen LogP contribution in [0.5, 0.6) is 23.1 Å². The number of likely N-dealkylation sites (N-methyl/N-ethyl adjacent to an activating group) is 1. The molecule has 2 aromatic carbocycles. The lowest BCUT2D eigenvalue weighted by molar-refractivity contribution is -0.115. The number of carbonyl (C=O) groups excluding carboxylic acids is 2. The molecule has 1 aromatic heterocycles. The number of methoxy groups -OCH3 is 1. The van der Waals surface area contributed by atoms with Crippen molar-refractivity contribution in [2.24, 2.45) is 0 Å². The molecule has 174 valence electrons. The van der Waals surface area contributed by atoms with E-state index in [2.05, 4.69) is 15.3 Å². The van der Waals surface area contributed by atoms with E-state index in [-0.39, 0.29) is 11.1 Å². The van der Waals surface area contributed by atoms with Crippen molar-refractivity contribution in [1.29, 1.82) is 0 Å². The minimum absolute atomic E-state index is 0.358. The number of thioether (sulfide) groups is 1. The number of amides is 2. The van der Waals surface area contributed by atoms with E-state index in [4.69, 9.17) is 14.2 Å². The topological polar surface area (TPSA) is 103 Å². The van der Waals surface area contributed by atoms with Gasteiger partial charge in [-0.1, -0.05) is 12.1 Å². The summed E-state index contributed by atoms with van der Waals surface area (Å²) in [6.07, 6.45) is 3.12. The van der Waals surface area contributed by atoms with Gasteiger partial charge in [0.2, 0.25) is 5.88 Å². The molecule has 3 aromatic rings. The predicted molar refractivity (Wildman–Crippen MR) is 129 cm³/mol. The fourth-order valence-electron chi connectivity index (χ4n) is 3.01. The van der Waals surface area contributed by atoms with Crippen LogP contribution in [0.2, 0.25) is 0 Å². The molecule has 1 aliphatic heterocycles. The van der Waals surface area contributed by atoms with Gasteiger partial charge in [0.25, 0.3) is 11.1 Å². The predicted octanol–water partition coefficient (Wildman–Crippen LogP) is 4.12. The number of nitrogens with one attached hydrogen (secondary N) is 1. The Kier molecular flexibility index (Phi) is 7.28. The third-order valence-corrected chi connectivity index (χ3v) is 5.63. The molecule has 4 rings (SSSR count). The number of aromatic nitrogens is 2. The first-order valence-corrected chi connectivity index (χ1v) is 11.1. The quantitative estimate of drug-likeness (QED) is 0.455. The lowest BCUT2D eigenvalue weighted by Crippen LogP contribution is -2.24. The van der Waals surface area contributed by atoms with Gasteiger partial charge >= 0.3 is 0 Å². The first-order valence-electron chi connectivity index (χ1n) is 10.3. The van der Waals surface area contributed by atoms with Crippen LogP contribution < -0.4 is 24.4 Å². The number of hydrogen-bond donors (Lipinski definition) is 1. The third kappa shape index (κ3) is 6.04. The highest BCUT2D eigenvalue weighted by molar-refractivity contribution is 8.18. The Labute approximate surface area is 200 Å². The van der Waals surface area contributed by atoms with Gasteiger partial charge in [0.15, 0.2) is 0 Å². The Hall–Kier alpha value is -4.05. The Bertz CT molecular complexity index is 1200. The van der Waals surface area contributed by atoms with E-state index in [1.807, 2.05) is 48.3 Å². The maximum atomic E-state index is 11.6. The fraction of sp³-hybridized carbons (Fsp3) is 0.167. The molecule has 0 unspecified atom stereocenters. The second-order valence-electron chi connectivity index (χ2n) is 7.18. The highest BCUT2D eigenvalue weighted by atomic mass is 32.2. The number of benzene rings is 2. The van der Waals surface area contributed by atoms with Crippen molar-refractivity contribution in [2.45, 2.75) is 0 Å². The lowest BCUT2D eigenvalue weighted by atomic mass is 10.2. The Balaban J connectivity index is 1.28. The maximum Gasteiger partial charge on any atom is 0.290 e. The average Bonchev–Trinajstić information content (AvgIpc) is 3.17. The highest BCUT2D eigenvalue weighted by Crippen LogP contribution is 2.26. The summed E-state index contributed by atoms with van der Waals surface area (Å²) in [5.74, 6) is 2.85. The van der Waals surface area contributed by atoms with Crippen LogP contribution in [0.4, 0.5) is 10.6 Å². The van der Waals surface area contributed by atoms with Crippen LogP contribution in [0.1, 0.15) is 5.56 Å². The molecular weight excluding hydrogens is 456 g/mol. The number of ether oxygens (including phenoxy) is 3. The molecule has 0 spiro atoms. The molecule has 2 heterocycles.